The SMILES string of the molecule is CN1C(=O)COc2c(C(=O)NC3CN4CCC3CC4)cc(N)cc21.Cl.Cl. The number of likely N-dealkylation sites (N-methyl/N-ethyl adjacent to an activating group) is 1. The third-order valence-corrected chi connectivity index (χ3v) is 5.38. The minimum atomic E-state index is -0.181. The van der Waals surface area contributed by atoms with Gasteiger partial charge >= 0.3 is 0 Å². The van der Waals surface area contributed by atoms with Crippen LogP contribution in [-0.2, 0) is 4.79 Å². The number of nitrogens with two attached hydrogens (primary N) is 1. The van der Waals surface area contributed by atoms with Crippen molar-refractivity contribution in [2.45, 2.75) is 18.9 Å². The Morgan fingerprint density at radius 2 is 1.96 bits per heavy atom. The molecule has 4 heterocycles. The summed E-state index contributed by atoms with van der Waals surface area (Å²) >= 11 is 0. The molecule has 3 saturated heterocycles. The maximum atomic E-state index is 12.8. The Hall–Kier alpha value is -1.70. The number of hydrogen-bond acceptors (Lipinski definition) is 5. The average Bonchev–Trinajstić information content (AvgIpc) is 2.59. The molecule has 2 amide bonds. The van der Waals surface area contributed by atoms with Crippen molar-refractivity contribution in [1.29, 1.82) is 0 Å². The lowest BCUT2D eigenvalue weighted by Crippen LogP contribution is -2.57. The van der Waals surface area contributed by atoms with E-state index in [2.05, 4.69) is 10.2 Å². The van der Waals surface area contributed by atoms with E-state index in [0.29, 0.717) is 28.6 Å². The molecule has 1 aromatic rings. The van der Waals surface area contributed by atoms with Crippen LogP contribution in [0.25, 0.3) is 0 Å². The van der Waals surface area contributed by atoms with Gasteiger partial charge in [-0.3, -0.25) is 9.59 Å². The van der Waals surface area contributed by atoms with Crippen molar-refractivity contribution in [1.82, 2.24) is 10.2 Å². The topological polar surface area (TPSA) is 87.9 Å². The molecular weight excluding hydrogens is 379 g/mol. The molecule has 9 heteroatoms. The van der Waals surface area contributed by atoms with Gasteiger partial charge in [-0.1, -0.05) is 0 Å². The van der Waals surface area contributed by atoms with Crippen LogP contribution in [0.15, 0.2) is 12.1 Å². The van der Waals surface area contributed by atoms with E-state index in [9.17, 15) is 9.59 Å². The van der Waals surface area contributed by atoms with E-state index < -0.39 is 0 Å². The van der Waals surface area contributed by atoms with Crippen molar-refractivity contribution in [2.75, 3.05) is 43.9 Å². The van der Waals surface area contributed by atoms with E-state index in [1.165, 1.54) is 4.90 Å². The van der Waals surface area contributed by atoms with Crippen molar-refractivity contribution in [3.63, 3.8) is 0 Å². The normalized spacial score (nSPS) is 26.1. The number of carbonyl (C=O) groups is 2. The highest BCUT2D eigenvalue weighted by Gasteiger charge is 2.36. The molecule has 2 bridgehead atoms. The third kappa shape index (κ3) is 3.56. The summed E-state index contributed by atoms with van der Waals surface area (Å²) in [6.07, 6.45) is 2.27. The first-order valence-corrected chi connectivity index (χ1v) is 8.39. The number of fused-ring (bicyclic) bond motifs is 4. The third-order valence-electron chi connectivity index (χ3n) is 5.38. The van der Waals surface area contributed by atoms with Gasteiger partial charge in [0, 0.05) is 25.3 Å². The summed E-state index contributed by atoms with van der Waals surface area (Å²) in [4.78, 5) is 28.5. The number of benzene rings is 1. The number of nitrogens with one attached hydrogen (secondary N) is 1. The molecule has 144 valence electrons. The Kier molecular flexibility index (Phi) is 6.26. The van der Waals surface area contributed by atoms with Crippen LogP contribution in [0.3, 0.4) is 0 Å². The molecule has 3 N–H and O–H groups in total. The van der Waals surface area contributed by atoms with E-state index in [1.807, 2.05) is 0 Å². The first kappa shape index (κ1) is 20.6. The molecule has 1 atom stereocenters. The number of nitrogen functional groups attached to an aromatic ring is 1. The molecule has 5 rings (SSSR count). The zero-order chi connectivity index (χ0) is 16.8. The van der Waals surface area contributed by atoms with E-state index in [-0.39, 0.29) is 49.3 Å². The molecule has 0 spiro atoms. The molecule has 0 aliphatic carbocycles. The summed E-state index contributed by atoms with van der Waals surface area (Å²) in [6.45, 7) is 3.09. The number of hydrogen-bond donors (Lipinski definition) is 2. The molecule has 4 aliphatic heterocycles. The largest absolute Gasteiger partial charge is 0.481 e. The van der Waals surface area contributed by atoms with Gasteiger partial charge in [0.1, 0.15) is 0 Å². The first-order valence-electron chi connectivity index (χ1n) is 8.39. The summed E-state index contributed by atoms with van der Waals surface area (Å²) in [5.74, 6) is 0.642. The number of carbonyl (C=O) groups excluding carboxylic acids is 2. The minimum absolute atomic E-state index is 0. The molecule has 26 heavy (non-hydrogen) atoms. The molecule has 1 aromatic carbocycles. The summed E-state index contributed by atoms with van der Waals surface area (Å²) in [7, 11) is 1.66. The van der Waals surface area contributed by atoms with Crippen LogP contribution in [0.1, 0.15) is 23.2 Å². The zero-order valence-corrected chi connectivity index (χ0v) is 16.2. The maximum absolute atomic E-state index is 12.8. The van der Waals surface area contributed by atoms with Crippen LogP contribution in [-0.4, -0.2) is 56.0 Å². The van der Waals surface area contributed by atoms with Gasteiger partial charge < -0.3 is 25.6 Å². The number of amides is 2. The number of rotatable bonds is 2. The monoisotopic (exact) mass is 402 g/mol. The van der Waals surface area contributed by atoms with E-state index in [0.717, 1.165) is 32.5 Å². The Labute approximate surface area is 165 Å². The van der Waals surface area contributed by atoms with Crippen molar-refractivity contribution in [3.05, 3.63) is 17.7 Å². The highest BCUT2D eigenvalue weighted by atomic mass is 35.5. The van der Waals surface area contributed by atoms with Gasteiger partial charge in [0.2, 0.25) is 0 Å². The molecule has 0 aromatic heterocycles. The van der Waals surface area contributed by atoms with Gasteiger partial charge in [0.25, 0.3) is 11.8 Å². The predicted molar refractivity (Wildman–Crippen MR) is 105 cm³/mol. The number of nitrogens with zero attached hydrogens (tertiary/aromatic N) is 2. The van der Waals surface area contributed by atoms with Crippen LogP contribution in [0.5, 0.6) is 5.75 Å². The van der Waals surface area contributed by atoms with Gasteiger partial charge in [0.15, 0.2) is 12.4 Å². The zero-order valence-electron chi connectivity index (χ0n) is 14.6. The fourth-order valence-electron chi connectivity index (χ4n) is 3.94. The van der Waals surface area contributed by atoms with Crippen LogP contribution in [0.2, 0.25) is 0 Å². The number of halogens is 2. The van der Waals surface area contributed by atoms with Gasteiger partial charge in [-0.05, 0) is 44.0 Å². The fourth-order valence-corrected chi connectivity index (χ4v) is 3.94. The molecule has 7 nitrogen and oxygen atoms in total. The average molecular weight is 403 g/mol. The van der Waals surface area contributed by atoms with Gasteiger partial charge in [0.05, 0.1) is 11.3 Å². The van der Waals surface area contributed by atoms with Crippen molar-refractivity contribution < 1.29 is 14.3 Å². The van der Waals surface area contributed by atoms with Crippen LogP contribution in [0, 0.1) is 5.92 Å². The summed E-state index contributed by atoms with van der Waals surface area (Å²) in [6, 6.07) is 3.46. The second kappa shape index (κ2) is 7.90. The van der Waals surface area contributed by atoms with Crippen molar-refractivity contribution in [2.24, 2.45) is 5.92 Å². The van der Waals surface area contributed by atoms with Gasteiger partial charge in [-0.2, -0.15) is 0 Å². The second-order valence-electron chi connectivity index (χ2n) is 6.88. The van der Waals surface area contributed by atoms with Crippen LogP contribution < -0.4 is 20.7 Å². The smallest absolute Gasteiger partial charge is 0.264 e. The van der Waals surface area contributed by atoms with Gasteiger partial charge in [-0.15, -0.1) is 24.8 Å². The quantitative estimate of drug-likeness (QED) is 0.727. The Balaban J connectivity index is 0.00000121. The summed E-state index contributed by atoms with van der Waals surface area (Å²) in [5, 5.41) is 3.15. The lowest BCUT2D eigenvalue weighted by molar-refractivity contribution is -0.121. The Morgan fingerprint density at radius 1 is 1.27 bits per heavy atom. The lowest BCUT2D eigenvalue weighted by Gasteiger charge is -2.45. The van der Waals surface area contributed by atoms with Crippen LogP contribution in [0.4, 0.5) is 11.4 Å². The highest BCUT2D eigenvalue weighted by molar-refractivity contribution is 6.05. The molecule has 3 fully saturated rings. The molecular formula is C17H24Cl2N4O3. The fraction of sp³-hybridized carbons (Fsp3) is 0.529. The Bertz CT molecular complexity index is 707. The van der Waals surface area contributed by atoms with Crippen molar-refractivity contribution >= 4 is 48.0 Å². The molecule has 4 aliphatic rings. The summed E-state index contributed by atoms with van der Waals surface area (Å²) < 4.78 is 5.55. The number of anilines is 2. The van der Waals surface area contributed by atoms with E-state index >= 15 is 0 Å². The Morgan fingerprint density at radius 3 is 2.58 bits per heavy atom. The predicted octanol–water partition coefficient (Wildman–Crippen LogP) is 1.29. The first-order chi connectivity index (χ1) is 11.5. The number of ether oxygens (including phenoxy) is 1. The maximum Gasteiger partial charge on any atom is 0.264 e. The molecule has 0 saturated carbocycles. The minimum Gasteiger partial charge on any atom is -0.481 e. The second-order valence-corrected chi connectivity index (χ2v) is 6.88. The lowest BCUT2D eigenvalue weighted by atomic mass is 9.84. The van der Waals surface area contributed by atoms with Gasteiger partial charge in [-0.25, -0.2) is 0 Å². The highest BCUT2D eigenvalue weighted by Crippen LogP contribution is 2.37. The van der Waals surface area contributed by atoms with E-state index in [1.54, 1.807) is 19.2 Å². The molecule has 1 unspecified atom stereocenters. The number of piperidine rings is 3. The van der Waals surface area contributed by atoms with E-state index in [4.69, 9.17) is 10.5 Å². The standard InChI is InChI=1S/C17H22N4O3.2ClH/c1-20-14-7-11(18)6-12(16(14)24-9-15(20)22)17(23)19-13-8-21-4-2-10(13)3-5-21;;/h6-7,10,13H,2-5,8-9,18H2,1H3,(H,19,23);2*1H. The van der Waals surface area contributed by atoms with Crippen LogP contribution >= 0.6 is 24.8 Å². The van der Waals surface area contributed by atoms with Crippen molar-refractivity contribution in [3.8, 4) is 5.75 Å². The molecule has 0 radical (unpaired) electrons. The summed E-state index contributed by atoms with van der Waals surface area (Å²) in [5.41, 5.74) is 7.33.